The Bertz CT molecular complexity index is 586. The first kappa shape index (κ1) is 13.7. The second kappa shape index (κ2) is 5.93. The first-order valence-electron chi connectivity index (χ1n) is 5.93. The van der Waals surface area contributed by atoms with Crippen molar-refractivity contribution in [1.29, 1.82) is 0 Å². The smallest absolute Gasteiger partial charge is 0.142 e. The molecule has 0 fully saturated rings. The van der Waals surface area contributed by atoms with Gasteiger partial charge >= 0.3 is 0 Å². The average molecular weight is 280 g/mol. The van der Waals surface area contributed by atoms with Gasteiger partial charge in [0.05, 0.1) is 12.1 Å². The zero-order valence-electron chi connectivity index (χ0n) is 10.8. The molecule has 4 heteroatoms. The van der Waals surface area contributed by atoms with Crippen LogP contribution in [0.25, 0.3) is 0 Å². The van der Waals surface area contributed by atoms with E-state index in [1.54, 1.807) is 19.2 Å². The van der Waals surface area contributed by atoms with Gasteiger partial charge in [-0.1, -0.05) is 23.7 Å². The van der Waals surface area contributed by atoms with E-state index in [1.807, 2.05) is 25.1 Å². The Hall–Kier alpha value is -1.74. The number of hydrogen-bond acceptors (Lipinski definition) is 2. The normalized spacial score (nSPS) is 10.3. The molecule has 0 saturated carbocycles. The molecule has 0 bridgehead atoms. The van der Waals surface area contributed by atoms with Crippen LogP contribution in [0.3, 0.4) is 0 Å². The predicted molar refractivity (Wildman–Crippen MR) is 76.5 cm³/mol. The molecule has 0 saturated heterocycles. The van der Waals surface area contributed by atoms with Crippen molar-refractivity contribution < 1.29 is 9.13 Å². The average Bonchev–Trinajstić information content (AvgIpc) is 2.40. The molecule has 0 unspecified atom stereocenters. The van der Waals surface area contributed by atoms with Gasteiger partial charge in [-0.05, 0) is 42.3 Å². The minimum absolute atomic E-state index is 0.167. The van der Waals surface area contributed by atoms with Gasteiger partial charge in [0, 0.05) is 12.2 Å². The van der Waals surface area contributed by atoms with Gasteiger partial charge < -0.3 is 10.1 Å². The highest BCUT2D eigenvalue weighted by Crippen LogP contribution is 2.24. The van der Waals surface area contributed by atoms with Crippen LogP contribution in [0, 0.1) is 12.7 Å². The molecule has 0 spiro atoms. The zero-order chi connectivity index (χ0) is 13.8. The van der Waals surface area contributed by atoms with Crippen molar-refractivity contribution in [3.63, 3.8) is 0 Å². The van der Waals surface area contributed by atoms with E-state index < -0.39 is 5.82 Å². The number of benzene rings is 2. The zero-order valence-corrected chi connectivity index (χ0v) is 11.6. The highest BCUT2D eigenvalue weighted by molar-refractivity contribution is 6.31. The molecule has 100 valence electrons. The van der Waals surface area contributed by atoms with Gasteiger partial charge in [-0.3, -0.25) is 0 Å². The number of nitrogens with one attached hydrogen (secondary N) is 1. The fourth-order valence-corrected chi connectivity index (χ4v) is 2.06. The summed E-state index contributed by atoms with van der Waals surface area (Å²) in [4.78, 5) is 0. The van der Waals surface area contributed by atoms with Crippen LogP contribution in [-0.4, -0.2) is 7.11 Å². The number of ether oxygens (including phenoxy) is 1. The van der Waals surface area contributed by atoms with Crippen LogP contribution in [-0.2, 0) is 6.54 Å². The second-order valence-electron chi connectivity index (χ2n) is 4.25. The van der Waals surface area contributed by atoms with Crippen molar-refractivity contribution in [2.24, 2.45) is 0 Å². The van der Waals surface area contributed by atoms with Crippen molar-refractivity contribution in [2.75, 3.05) is 12.4 Å². The minimum Gasteiger partial charge on any atom is -0.496 e. The van der Waals surface area contributed by atoms with E-state index in [1.165, 1.54) is 6.07 Å². The Morgan fingerprint density at radius 3 is 2.74 bits per heavy atom. The van der Waals surface area contributed by atoms with Crippen LogP contribution >= 0.6 is 11.6 Å². The molecule has 0 amide bonds. The van der Waals surface area contributed by atoms with Gasteiger partial charge in [0.1, 0.15) is 11.6 Å². The SMILES string of the molecule is COc1ccc(NCc2cccc(F)c2Cl)cc1C. The minimum atomic E-state index is -0.396. The Kier molecular flexibility index (Phi) is 4.27. The Labute approximate surface area is 117 Å². The van der Waals surface area contributed by atoms with Crippen molar-refractivity contribution >= 4 is 17.3 Å². The third kappa shape index (κ3) is 3.18. The molecule has 2 aromatic carbocycles. The second-order valence-corrected chi connectivity index (χ2v) is 4.63. The Balaban J connectivity index is 2.10. The summed E-state index contributed by atoms with van der Waals surface area (Å²) in [6.07, 6.45) is 0. The molecule has 0 atom stereocenters. The summed E-state index contributed by atoms with van der Waals surface area (Å²) in [6.45, 7) is 2.45. The maximum Gasteiger partial charge on any atom is 0.142 e. The molecular formula is C15H15ClFNO. The predicted octanol–water partition coefficient (Wildman–Crippen LogP) is 4.41. The molecule has 1 N–H and O–H groups in total. The number of aryl methyl sites for hydroxylation is 1. The van der Waals surface area contributed by atoms with Crippen molar-refractivity contribution in [3.8, 4) is 5.75 Å². The van der Waals surface area contributed by atoms with E-state index in [4.69, 9.17) is 16.3 Å². The molecular weight excluding hydrogens is 265 g/mol. The monoisotopic (exact) mass is 279 g/mol. The van der Waals surface area contributed by atoms with E-state index in [9.17, 15) is 4.39 Å². The summed E-state index contributed by atoms with van der Waals surface area (Å²) in [5.41, 5.74) is 2.71. The number of methoxy groups -OCH3 is 1. The molecule has 2 aromatic rings. The largest absolute Gasteiger partial charge is 0.496 e. The topological polar surface area (TPSA) is 21.3 Å². The molecule has 0 aliphatic carbocycles. The first-order valence-corrected chi connectivity index (χ1v) is 6.31. The molecule has 0 heterocycles. The summed E-state index contributed by atoms with van der Waals surface area (Å²) in [5.74, 6) is 0.446. The molecule has 2 nitrogen and oxygen atoms in total. The lowest BCUT2D eigenvalue weighted by Crippen LogP contribution is -2.01. The third-order valence-corrected chi connectivity index (χ3v) is 3.33. The van der Waals surface area contributed by atoms with E-state index in [-0.39, 0.29) is 5.02 Å². The van der Waals surface area contributed by atoms with Crippen LogP contribution < -0.4 is 10.1 Å². The molecule has 0 aliphatic heterocycles. The van der Waals surface area contributed by atoms with Crippen LogP contribution in [0.4, 0.5) is 10.1 Å². The standard InChI is InChI=1S/C15H15ClFNO/c1-10-8-12(6-7-14(10)19-2)18-9-11-4-3-5-13(17)15(11)16/h3-8,18H,9H2,1-2H3. The summed E-state index contributed by atoms with van der Waals surface area (Å²) in [5, 5.41) is 3.38. The van der Waals surface area contributed by atoms with Crippen LogP contribution in [0.15, 0.2) is 36.4 Å². The van der Waals surface area contributed by atoms with Crippen LogP contribution in [0.2, 0.25) is 5.02 Å². The molecule has 0 aromatic heterocycles. The fraction of sp³-hybridized carbons (Fsp3) is 0.200. The van der Waals surface area contributed by atoms with Gasteiger partial charge in [-0.2, -0.15) is 0 Å². The highest BCUT2D eigenvalue weighted by Gasteiger charge is 2.05. The van der Waals surface area contributed by atoms with Crippen LogP contribution in [0.1, 0.15) is 11.1 Å². The number of rotatable bonds is 4. The fourth-order valence-electron chi connectivity index (χ4n) is 1.87. The molecule has 0 aliphatic rings. The van der Waals surface area contributed by atoms with Crippen molar-refractivity contribution in [2.45, 2.75) is 13.5 Å². The van der Waals surface area contributed by atoms with Gasteiger partial charge in [0.25, 0.3) is 0 Å². The number of halogens is 2. The Morgan fingerprint density at radius 1 is 1.26 bits per heavy atom. The van der Waals surface area contributed by atoms with E-state index in [0.29, 0.717) is 6.54 Å². The van der Waals surface area contributed by atoms with Gasteiger partial charge in [0.15, 0.2) is 0 Å². The van der Waals surface area contributed by atoms with Gasteiger partial charge in [0.2, 0.25) is 0 Å². The van der Waals surface area contributed by atoms with E-state index in [2.05, 4.69) is 5.32 Å². The quantitative estimate of drug-likeness (QED) is 0.895. The van der Waals surface area contributed by atoms with Crippen molar-refractivity contribution in [1.82, 2.24) is 0 Å². The van der Waals surface area contributed by atoms with Crippen LogP contribution in [0.5, 0.6) is 5.75 Å². The molecule has 19 heavy (non-hydrogen) atoms. The first-order chi connectivity index (χ1) is 9.11. The van der Waals surface area contributed by atoms with E-state index >= 15 is 0 Å². The summed E-state index contributed by atoms with van der Waals surface area (Å²) >= 11 is 5.90. The number of anilines is 1. The van der Waals surface area contributed by atoms with Gasteiger partial charge in [-0.15, -0.1) is 0 Å². The maximum atomic E-state index is 13.3. The van der Waals surface area contributed by atoms with Crippen molar-refractivity contribution in [3.05, 3.63) is 58.4 Å². The maximum absolute atomic E-state index is 13.3. The highest BCUT2D eigenvalue weighted by atomic mass is 35.5. The summed E-state index contributed by atoms with van der Waals surface area (Å²) < 4.78 is 18.5. The number of hydrogen-bond donors (Lipinski definition) is 1. The lowest BCUT2D eigenvalue weighted by molar-refractivity contribution is 0.412. The molecule has 2 rings (SSSR count). The third-order valence-electron chi connectivity index (χ3n) is 2.91. The summed E-state index contributed by atoms with van der Waals surface area (Å²) in [7, 11) is 1.64. The lowest BCUT2D eigenvalue weighted by atomic mass is 10.2. The van der Waals surface area contributed by atoms with E-state index in [0.717, 1.165) is 22.6 Å². The Morgan fingerprint density at radius 2 is 2.05 bits per heavy atom. The molecule has 0 radical (unpaired) electrons. The lowest BCUT2D eigenvalue weighted by Gasteiger charge is -2.11. The summed E-state index contributed by atoms with van der Waals surface area (Å²) in [6, 6.07) is 10.6. The van der Waals surface area contributed by atoms with Gasteiger partial charge in [-0.25, -0.2) is 4.39 Å².